The molecule has 3 rings (SSSR count). The number of unbranched alkanes of at least 4 members (excludes halogenated alkanes) is 1. The Kier molecular flexibility index (Phi) is 5.93. The fraction of sp³-hybridized carbons (Fsp3) is 0.444. The molecule has 134 valence electrons. The molecule has 0 fully saturated rings. The molecule has 0 atom stereocenters. The van der Waals surface area contributed by atoms with Crippen LogP contribution < -0.4 is 9.54 Å². The zero-order valence-corrected chi connectivity index (χ0v) is 16.0. The minimum atomic E-state index is -0.343. The second-order valence-corrected chi connectivity index (χ2v) is 7.32. The average molecular weight is 381 g/mol. The number of benzene rings is 1. The molecule has 0 saturated heterocycles. The molecule has 0 unspecified atom stereocenters. The first-order valence-electron chi connectivity index (χ1n) is 8.35. The van der Waals surface area contributed by atoms with Crippen molar-refractivity contribution in [2.24, 2.45) is 4.99 Å². The Balaban J connectivity index is 2.04. The maximum atomic E-state index is 12.7. The molecule has 1 aliphatic rings. The average Bonchev–Trinajstić information content (AvgIpc) is 2.96. The van der Waals surface area contributed by atoms with Gasteiger partial charge >= 0.3 is 0 Å². The number of nitrogens with zero attached hydrogens (tertiary/aromatic N) is 2. The standard InChI is InChI=1S/C18H21ClN2O3S/c1-3-4-8-21-14-11-24-9-7-16(14)25-18(21)20-17(22)13-10-12(19)5-6-15(13)23-2/h5-6,10H,3-4,7-9,11H2,1-2H3. The summed E-state index contributed by atoms with van der Waals surface area (Å²) < 4.78 is 13.0. The quantitative estimate of drug-likeness (QED) is 0.792. The van der Waals surface area contributed by atoms with Crippen molar-refractivity contribution >= 4 is 28.8 Å². The summed E-state index contributed by atoms with van der Waals surface area (Å²) in [7, 11) is 1.53. The first kappa shape index (κ1) is 18.2. The highest BCUT2D eigenvalue weighted by atomic mass is 35.5. The first-order chi connectivity index (χ1) is 12.1. The van der Waals surface area contributed by atoms with Crippen molar-refractivity contribution in [2.75, 3.05) is 13.7 Å². The Hall–Kier alpha value is -1.63. The van der Waals surface area contributed by atoms with Gasteiger partial charge in [-0.3, -0.25) is 4.79 Å². The normalized spacial score (nSPS) is 14.4. The van der Waals surface area contributed by atoms with E-state index < -0.39 is 0 Å². The lowest BCUT2D eigenvalue weighted by Crippen LogP contribution is -2.21. The van der Waals surface area contributed by atoms with Gasteiger partial charge in [-0.15, -0.1) is 11.3 Å². The number of carbonyl (C=O) groups excluding carboxylic acids is 1. The van der Waals surface area contributed by atoms with E-state index in [-0.39, 0.29) is 5.91 Å². The van der Waals surface area contributed by atoms with Crippen LogP contribution in [0.25, 0.3) is 0 Å². The molecule has 2 aromatic rings. The summed E-state index contributed by atoms with van der Waals surface area (Å²) in [6.45, 7) is 4.29. The fourth-order valence-corrected chi connectivity index (χ4v) is 4.11. The zero-order chi connectivity index (χ0) is 17.8. The molecule has 0 radical (unpaired) electrons. The molecule has 2 heterocycles. The molecule has 1 aromatic carbocycles. The molecule has 7 heteroatoms. The Labute approximate surface area is 155 Å². The number of thiazole rings is 1. The van der Waals surface area contributed by atoms with Gasteiger partial charge in [0.1, 0.15) is 5.75 Å². The Bertz CT molecular complexity index is 841. The van der Waals surface area contributed by atoms with E-state index in [0.717, 1.165) is 42.9 Å². The summed E-state index contributed by atoms with van der Waals surface area (Å²) in [6, 6.07) is 4.97. The van der Waals surface area contributed by atoms with Gasteiger partial charge in [0, 0.05) is 22.9 Å². The minimum Gasteiger partial charge on any atom is -0.496 e. The summed E-state index contributed by atoms with van der Waals surface area (Å²) >= 11 is 7.61. The molecule has 0 bridgehead atoms. The van der Waals surface area contributed by atoms with Crippen LogP contribution in [0.4, 0.5) is 0 Å². The third-order valence-corrected chi connectivity index (χ3v) is 5.55. The highest BCUT2D eigenvalue weighted by Crippen LogP contribution is 2.24. The van der Waals surface area contributed by atoms with E-state index >= 15 is 0 Å². The summed E-state index contributed by atoms with van der Waals surface area (Å²) in [5, 5.41) is 0.483. The molecule has 1 aromatic heterocycles. The maximum Gasteiger partial charge on any atom is 0.283 e. The summed E-state index contributed by atoms with van der Waals surface area (Å²) in [5.74, 6) is 0.132. The van der Waals surface area contributed by atoms with Gasteiger partial charge in [-0.05, 0) is 24.6 Å². The number of aromatic nitrogens is 1. The minimum absolute atomic E-state index is 0.343. The lowest BCUT2D eigenvalue weighted by Gasteiger charge is -2.14. The summed E-state index contributed by atoms with van der Waals surface area (Å²) in [6.07, 6.45) is 2.98. The van der Waals surface area contributed by atoms with Crippen LogP contribution in [0.2, 0.25) is 5.02 Å². The maximum absolute atomic E-state index is 12.7. The summed E-state index contributed by atoms with van der Waals surface area (Å²) in [4.78, 5) is 19.1. The third-order valence-electron chi connectivity index (χ3n) is 4.13. The highest BCUT2D eigenvalue weighted by Gasteiger charge is 2.19. The van der Waals surface area contributed by atoms with Crippen LogP contribution in [0.1, 0.15) is 40.7 Å². The monoisotopic (exact) mass is 380 g/mol. The largest absolute Gasteiger partial charge is 0.496 e. The van der Waals surface area contributed by atoms with Crippen molar-refractivity contribution in [2.45, 2.75) is 39.3 Å². The number of carbonyl (C=O) groups is 1. The molecule has 25 heavy (non-hydrogen) atoms. The number of fused-ring (bicyclic) bond motifs is 1. The smallest absolute Gasteiger partial charge is 0.283 e. The van der Waals surface area contributed by atoms with Crippen molar-refractivity contribution in [1.82, 2.24) is 4.57 Å². The van der Waals surface area contributed by atoms with Crippen LogP contribution in [0.15, 0.2) is 23.2 Å². The first-order valence-corrected chi connectivity index (χ1v) is 9.55. The predicted octanol–water partition coefficient (Wildman–Crippen LogP) is 3.83. The zero-order valence-electron chi connectivity index (χ0n) is 14.4. The van der Waals surface area contributed by atoms with Gasteiger partial charge in [-0.1, -0.05) is 24.9 Å². The van der Waals surface area contributed by atoms with Crippen LogP contribution in [0.3, 0.4) is 0 Å². The molecular weight excluding hydrogens is 360 g/mol. The van der Waals surface area contributed by atoms with Gasteiger partial charge in [0.05, 0.1) is 31.6 Å². The number of ether oxygens (including phenoxy) is 2. The van der Waals surface area contributed by atoms with Crippen LogP contribution in [-0.2, 0) is 24.3 Å². The van der Waals surface area contributed by atoms with E-state index in [2.05, 4.69) is 16.5 Å². The number of amides is 1. The second kappa shape index (κ2) is 8.17. The van der Waals surface area contributed by atoms with Crippen molar-refractivity contribution < 1.29 is 14.3 Å². The molecule has 0 N–H and O–H groups in total. The van der Waals surface area contributed by atoms with Crippen LogP contribution in [-0.4, -0.2) is 24.2 Å². The van der Waals surface area contributed by atoms with Crippen molar-refractivity contribution in [1.29, 1.82) is 0 Å². The van der Waals surface area contributed by atoms with E-state index in [1.807, 2.05) is 0 Å². The lowest BCUT2D eigenvalue weighted by atomic mass is 10.2. The van der Waals surface area contributed by atoms with Crippen molar-refractivity contribution in [3.63, 3.8) is 0 Å². The molecule has 1 amide bonds. The molecule has 0 saturated carbocycles. The molecule has 5 nitrogen and oxygen atoms in total. The predicted molar refractivity (Wildman–Crippen MR) is 98.5 cm³/mol. The number of hydrogen-bond acceptors (Lipinski definition) is 4. The second-order valence-electron chi connectivity index (χ2n) is 5.82. The van der Waals surface area contributed by atoms with Crippen molar-refractivity contribution in [3.8, 4) is 5.75 Å². The molecule has 0 aliphatic carbocycles. The van der Waals surface area contributed by atoms with Gasteiger partial charge in [0.2, 0.25) is 0 Å². The summed E-state index contributed by atoms with van der Waals surface area (Å²) in [5.41, 5.74) is 1.52. The van der Waals surface area contributed by atoms with Crippen LogP contribution in [0, 0.1) is 0 Å². The number of methoxy groups -OCH3 is 1. The van der Waals surface area contributed by atoms with Gasteiger partial charge in [-0.2, -0.15) is 4.99 Å². The van der Waals surface area contributed by atoms with Crippen molar-refractivity contribution in [3.05, 3.63) is 44.2 Å². The van der Waals surface area contributed by atoms with Gasteiger partial charge in [0.25, 0.3) is 5.91 Å². The van der Waals surface area contributed by atoms with E-state index in [4.69, 9.17) is 21.1 Å². The van der Waals surface area contributed by atoms with E-state index in [1.54, 1.807) is 29.5 Å². The fourth-order valence-electron chi connectivity index (χ4n) is 2.80. The van der Waals surface area contributed by atoms with E-state index in [9.17, 15) is 4.79 Å². The molecule has 1 aliphatic heterocycles. The molecule has 0 spiro atoms. The number of halogens is 1. The highest BCUT2D eigenvalue weighted by molar-refractivity contribution is 7.09. The Morgan fingerprint density at radius 3 is 3.08 bits per heavy atom. The third kappa shape index (κ3) is 3.97. The van der Waals surface area contributed by atoms with Gasteiger partial charge in [-0.25, -0.2) is 0 Å². The Morgan fingerprint density at radius 2 is 2.32 bits per heavy atom. The van der Waals surface area contributed by atoms with E-state index in [0.29, 0.717) is 22.9 Å². The van der Waals surface area contributed by atoms with Crippen LogP contribution in [0.5, 0.6) is 5.75 Å². The van der Waals surface area contributed by atoms with Gasteiger partial charge < -0.3 is 14.0 Å². The molecular formula is C18H21ClN2O3S. The topological polar surface area (TPSA) is 52.8 Å². The van der Waals surface area contributed by atoms with Crippen LogP contribution >= 0.6 is 22.9 Å². The lowest BCUT2D eigenvalue weighted by molar-refractivity contribution is 0.0991. The SMILES string of the molecule is CCCCn1c2c(sc1=NC(=O)c1cc(Cl)ccc1OC)CCOC2. The Morgan fingerprint density at radius 1 is 1.48 bits per heavy atom. The number of hydrogen-bond donors (Lipinski definition) is 0. The van der Waals surface area contributed by atoms with E-state index in [1.165, 1.54) is 12.0 Å². The number of rotatable bonds is 5. The van der Waals surface area contributed by atoms with Gasteiger partial charge in [0.15, 0.2) is 4.80 Å².